The lowest BCUT2D eigenvalue weighted by Gasteiger charge is -2.10. The SMILES string of the molecule is CCc1cnc2ccccc2c1Sc1ccccc1. The van der Waals surface area contributed by atoms with Gasteiger partial charge in [-0.15, -0.1) is 0 Å². The van der Waals surface area contributed by atoms with E-state index in [2.05, 4.69) is 60.4 Å². The molecular weight excluding hydrogens is 250 g/mol. The van der Waals surface area contributed by atoms with Gasteiger partial charge in [-0.25, -0.2) is 0 Å². The predicted molar refractivity (Wildman–Crippen MR) is 81.7 cm³/mol. The van der Waals surface area contributed by atoms with Crippen molar-refractivity contribution in [1.29, 1.82) is 0 Å². The first-order valence-corrected chi connectivity index (χ1v) is 7.29. The van der Waals surface area contributed by atoms with E-state index in [1.54, 1.807) is 0 Å². The molecule has 94 valence electrons. The molecule has 0 saturated carbocycles. The zero-order valence-electron chi connectivity index (χ0n) is 10.8. The van der Waals surface area contributed by atoms with E-state index in [1.807, 2.05) is 24.0 Å². The van der Waals surface area contributed by atoms with Gasteiger partial charge in [0.15, 0.2) is 0 Å². The lowest BCUT2D eigenvalue weighted by atomic mass is 10.1. The summed E-state index contributed by atoms with van der Waals surface area (Å²) in [4.78, 5) is 7.15. The number of hydrogen-bond donors (Lipinski definition) is 0. The van der Waals surface area contributed by atoms with Gasteiger partial charge < -0.3 is 0 Å². The Morgan fingerprint density at radius 1 is 0.947 bits per heavy atom. The minimum atomic E-state index is 1.01. The summed E-state index contributed by atoms with van der Waals surface area (Å²) in [7, 11) is 0. The summed E-state index contributed by atoms with van der Waals surface area (Å²) >= 11 is 1.83. The summed E-state index contributed by atoms with van der Waals surface area (Å²) in [5.74, 6) is 0. The number of nitrogens with zero attached hydrogens (tertiary/aromatic N) is 1. The molecule has 2 heteroatoms. The average molecular weight is 265 g/mol. The van der Waals surface area contributed by atoms with E-state index >= 15 is 0 Å². The highest BCUT2D eigenvalue weighted by molar-refractivity contribution is 7.99. The summed E-state index contributed by atoms with van der Waals surface area (Å²) in [5.41, 5.74) is 2.38. The number of benzene rings is 2. The highest BCUT2D eigenvalue weighted by atomic mass is 32.2. The van der Waals surface area contributed by atoms with Crippen LogP contribution in [0.4, 0.5) is 0 Å². The van der Waals surface area contributed by atoms with Gasteiger partial charge in [0.2, 0.25) is 0 Å². The number of para-hydroxylation sites is 1. The molecular formula is C17H15NS. The van der Waals surface area contributed by atoms with Crippen LogP contribution in [0, 0.1) is 0 Å². The molecule has 0 amide bonds. The van der Waals surface area contributed by atoms with Gasteiger partial charge >= 0.3 is 0 Å². The van der Waals surface area contributed by atoms with E-state index in [-0.39, 0.29) is 0 Å². The van der Waals surface area contributed by atoms with E-state index in [0.29, 0.717) is 0 Å². The standard InChI is InChI=1S/C17H15NS/c1-2-13-12-18-16-11-7-6-10-15(16)17(13)19-14-8-4-3-5-9-14/h3-12H,2H2,1H3. The molecule has 19 heavy (non-hydrogen) atoms. The Morgan fingerprint density at radius 2 is 1.68 bits per heavy atom. The summed E-state index contributed by atoms with van der Waals surface area (Å²) in [6, 6.07) is 18.9. The maximum atomic E-state index is 4.54. The van der Waals surface area contributed by atoms with Crippen LogP contribution in [0.15, 0.2) is 70.6 Å². The van der Waals surface area contributed by atoms with Gasteiger partial charge in [-0.3, -0.25) is 4.98 Å². The van der Waals surface area contributed by atoms with Crippen LogP contribution in [0.2, 0.25) is 0 Å². The molecule has 0 saturated heterocycles. The molecule has 0 aliphatic heterocycles. The number of hydrogen-bond acceptors (Lipinski definition) is 2. The van der Waals surface area contributed by atoms with Crippen molar-refractivity contribution in [3.63, 3.8) is 0 Å². The molecule has 1 nitrogen and oxygen atoms in total. The summed E-state index contributed by atoms with van der Waals surface area (Å²) in [6.07, 6.45) is 3.01. The second-order valence-electron chi connectivity index (χ2n) is 4.40. The minimum Gasteiger partial charge on any atom is -0.256 e. The number of aryl methyl sites for hydroxylation is 1. The molecule has 0 N–H and O–H groups in total. The first-order chi connectivity index (χ1) is 9.38. The van der Waals surface area contributed by atoms with Gasteiger partial charge in [0, 0.05) is 21.4 Å². The lowest BCUT2D eigenvalue weighted by Crippen LogP contribution is -1.90. The predicted octanol–water partition coefficient (Wildman–Crippen LogP) is 4.95. The Morgan fingerprint density at radius 3 is 2.47 bits per heavy atom. The Hall–Kier alpha value is -1.80. The Bertz CT molecular complexity index is 692. The highest BCUT2D eigenvalue weighted by Gasteiger charge is 2.08. The van der Waals surface area contributed by atoms with Crippen LogP contribution in [-0.2, 0) is 6.42 Å². The molecule has 2 aromatic carbocycles. The molecule has 1 aromatic heterocycles. The average Bonchev–Trinajstić information content (AvgIpc) is 2.49. The van der Waals surface area contributed by atoms with Crippen LogP contribution in [-0.4, -0.2) is 4.98 Å². The first-order valence-electron chi connectivity index (χ1n) is 6.48. The van der Waals surface area contributed by atoms with Gasteiger partial charge in [0.1, 0.15) is 0 Å². The number of aromatic nitrogens is 1. The van der Waals surface area contributed by atoms with Gasteiger partial charge in [-0.2, -0.15) is 0 Å². The van der Waals surface area contributed by atoms with Gasteiger partial charge in [-0.05, 0) is 30.2 Å². The third-order valence-electron chi connectivity index (χ3n) is 3.14. The Labute approximate surface area is 117 Å². The van der Waals surface area contributed by atoms with Crippen molar-refractivity contribution in [3.8, 4) is 0 Å². The zero-order valence-corrected chi connectivity index (χ0v) is 11.7. The van der Waals surface area contributed by atoms with Crippen molar-refractivity contribution in [1.82, 2.24) is 4.98 Å². The molecule has 3 aromatic rings. The molecule has 0 spiro atoms. The van der Waals surface area contributed by atoms with E-state index < -0.39 is 0 Å². The number of pyridine rings is 1. The quantitative estimate of drug-likeness (QED) is 0.664. The third kappa shape index (κ3) is 2.49. The number of rotatable bonds is 3. The van der Waals surface area contributed by atoms with E-state index in [9.17, 15) is 0 Å². The van der Waals surface area contributed by atoms with Crippen molar-refractivity contribution >= 4 is 22.7 Å². The van der Waals surface area contributed by atoms with Crippen LogP contribution in [0.25, 0.3) is 10.9 Å². The van der Waals surface area contributed by atoms with Crippen molar-refractivity contribution in [2.75, 3.05) is 0 Å². The van der Waals surface area contributed by atoms with Crippen LogP contribution >= 0.6 is 11.8 Å². The summed E-state index contributed by atoms with van der Waals surface area (Å²) in [6.45, 7) is 2.18. The third-order valence-corrected chi connectivity index (χ3v) is 4.34. The van der Waals surface area contributed by atoms with E-state index in [1.165, 1.54) is 20.7 Å². The summed E-state index contributed by atoms with van der Waals surface area (Å²) in [5, 5.41) is 1.25. The molecule has 0 aliphatic carbocycles. The molecule has 0 bridgehead atoms. The minimum absolute atomic E-state index is 1.01. The fourth-order valence-electron chi connectivity index (χ4n) is 2.14. The van der Waals surface area contributed by atoms with Crippen LogP contribution in [0.3, 0.4) is 0 Å². The van der Waals surface area contributed by atoms with Crippen molar-refractivity contribution in [3.05, 3.63) is 66.4 Å². The van der Waals surface area contributed by atoms with E-state index in [0.717, 1.165) is 11.9 Å². The molecule has 0 fully saturated rings. The van der Waals surface area contributed by atoms with Crippen molar-refractivity contribution < 1.29 is 0 Å². The second-order valence-corrected chi connectivity index (χ2v) is 5.48. The molecule has 1 heterocycles. The van der Waals surface area contributed by atoms with Crippen LogP contribution in [0.1, 0.15) is 12.5 Å². The lowest BCUT2D eigenvalue weighted by molar-refractivity contribution is 1.07. The highest BCUT2D eigenvalue weighted by Crippen LogP contribution is 2.35. The van der Waals surface area contributed by atoms with Crippen LogP contribution < -0.4 is 0 Å². The van der Waals surface area contributed by atoms with Crippen molar-refractivity contribution in [2.24, 2.45) is 0 Å². The fraction of sp³-hybridized carbons (Fsp3) is 0.118. The monoisotopic (exact) mass is 265 g/mol. The Kier molecular flexibility index (Phi) is 3.51. The largest absolute Gasteiger partial charge is 0.256 e. The second kappa shape index (κ2) is 5.45. The maximum absolute atomic E-state index is 4.54. The van der Waals surface area contributed by atoms with Crippen LogP contribution in [0.5, 0.6) is 0 Å². The van der Waals surface area contributed by atoms with Gasteiger partial charge in [-0.1, -0.05) is 55.1 Å². The topological polar surface area (TPSA) is 12.9 Å². The van der Waals surface area contributed by atoms with Gasteiger partial charge in [0.05, 0.1) is 5.52 Å². The maximum Gasteiger partial charge on any atom is 0.0713 e. The molecule has 0 aliphatic rings. The zero-order chi connectivity index (χ0) is 13.1. The molecule has 0 radical (unpaired) electrons. The van der Waals surface area contributed by atoms with Crippen molar-refractivity contribution in [2.45, 2.75) is 23.1 Å². The molecule has 0 unspecified atom stereocenters. The Balaban J connectivity index is 2.15. The first kappa shape index (κ1) is 12.2. The van der Waals surface area contributed by atoms with E-state index in [4.69, 9.17) is 0 Å². The fourth-order valence-corrected chi connectivity index (χ4v) is 3.28. The number of fused-ring (bicyclic) bond motifs is 1. The van der Waals surface area contributed by atoms with Gasteiger partial charge in [0.25, 0.3) is 0 Å². The normalized spacial score (nSPS) is 10.8. The molecule has 3 rings (SSSR count). The smallest absolute Gasteiger partial charge is 0.0713 e. The molecule has 0 atom stereocenters. The summed E-state index contributed by atoms with van der Waals surface area (Å²) < 4.78 is 0.